The molecule has 0 unspecified atom stereocenters. The van der Waals surface area contributed by atoms with Crippen LogP contribution < -0.4 is 5.32 Å². The van der Waals surface area contributed by atoms with Crippen molar-refractivity contribution in [3.8, 4) is 10.4 Å². The molecule has 0 amide bonds. The normalized spacial score (nSPS) is 24.2. The van der Waals surface area contributed by atoms with E-state index < -0.39 is 0 Å². The number of rotatable bonds is 2. The maximum absolute atomic E-state index is 8.17. The molecule has 3 rings (SSSR count). The highest BCUT2D eigenvalue weighted by molar-refractivity contribution is 7.15. The molecule has 1 aliphatic rings. The van der Waals surface area contributed by atoms with E-state index in [4.69, 9.17) is 28.6 Å². The zero-order valence-electron chi connectivity index (χ0n) is 13.8. The summed E-state index contributed by atoms with van der Waals surface area (Å²) in [7, 11) is 1.86. The van der Waals surface area contributed by atoms with Crippen molar-refractivity contribution in [3.05, 3.63) is 57.5 Å². The first kappa shape index (κ1) is 17.3. The Bertz CT molecular complexity index is 809. The zero-order valence-corrected chi connectivity index (χ0v) is 16.1. The summed E-state index contributed by atoms with van der Waals surface area (Å²) in [5.74, 6) is 0.521. The van der Waals surface area contributed by atoms with Crippen molar-refractivity contribution in [1.29, 1.82) is 5.41 Å². The summed E-state index contributed by atoms with van der Waals surface area (Å²) in [5.41, 5.74) is 1.57. The number of nitrogens with one attached hydrogen (secondary N) is 2. The van der Waals surface area contributed by atoms with Crippen molar-refractivity contribution in [2.24, 2.45) is 5.92 Å². The third-order valence-electron chi connectivity index (χ3n) is 4.78. The molecule has 126 valence electrons. The van der Waals surface area contributed by atoms with Crippen molar-refractivity contribution in [2.75, 3.05) is 7.05 Å². The molecule has 0 aliphatic carbocycles. The van der Waals surface area contributed by atoms with E-state index in [1.165, 1.54) is 0 Å². The molecule has 6 heteroatoms. The maximum Gasteiger partial charge on any atom is 0.195 e. The highest BCUT2D eigenvalue weighted by Crippen LogP contribution is 2.43. The van der Waals surface area contributed by atoms with E-state index in [-0.39, 0.29) is 11.5 Å². The predicted octanol–water partition coefficient (Wildman–Crippen LogP) is 5.56. The predicted molar refractivity (Wildman–Crippen MR) is 104 cm³/mol. The van der Waals surface area contributed by atoms with Gasteiger partial charge in [0, 0.05) is 38.5 Å². The number of guanidine groups is 1. The number of hydrogen-bond donors (Lipinski definition) is 2. The average molecular weight is 380 g/mol. The Morgan fingerprint density at radius 3 is 2.50 bits per heavy atom. The molecule has 1 aromatic carbocycles. The van der Waals surface area contributed by atoms with Gasteiger partial charge in [0.05, 0.1) is 5.54 Å². The second-order valence-electron chi connectivity index (χ2n) is 6.27. The molecule has 3 nitrogen and oxygen atoms in total. The van der Waals surface area contributed by atoms with Crippen LogP contribution in [0, 0.1) is 11.3 Å². The number of benzene rings is 1. The van der Waals surface area contributed by atoms with Gasteiger partial charge in [-0.1, -0.05) is 36.7 Å². The van der Waals surface area contributed by atoms with E-state index in [1.54, 1.807) is 22.3 Å². The molecule has 0 saturated carbocycles. The molecule has 2 atom stereocenters. The molecule has 2 aromatic rings. The van der Waals surface area contributed by atoms with Gasteiger partial charge in [-0.15, -0.1) is 11.3 Å². The van der Waals surface area contributed by atoms with Crippen LogP contribution in [0.2, 0.25) is 10.0 Å². The zero-order chi connectivity index (χ0) is 17.6. The Balaban J connectivity index is 2.00. The van der Waals surface area contributed by atoms with Gasteiger partial charge in [-0.05, 0) is 42.8 Å². The fourth-order valence-corrected chi connectivity index (χ4v) is 4.66. The van der Waals surface area contributed by atoms with Crippen LogP contribution >= 0.6 is 34.5 Å². The molecular formula is C18H19Cl2N3S. The van der Waals surface area contributed by atoms with Crippen LogP contribution in [0.1, 0.15) is 18.7 Å². The van der Waals surface area contributed by atoms with E-state index in [0.717, 1.165) is 21.0 Å². The Morgan fingerprint density at radius 1 is 1.25 bits per heavy atom. The van der Waals surface area contributed by atoms with Gasteiger partial charge in [0.25, 0.3) is 0 Å². The maximum atomic E-state index is 8.17. The topological polar surface area (TPSA) is 39.1 Å². The van der Waals surface area contributed by atoms with E-state index in [9.17, 15) is 0 Å². The minimum absolute atomic E-state index is 0.158. The molecule has 1 aromatic heterocycles. The van der Waals surface area contributed by atoms with Gasteiger partial charge in [0.2, 0.25) is 0 Å². The number of nitrogens with zero attached hydrogens (tertiary/aromatic N) is 1. The lowest BCUT2D eigenvalue weighted by molar-refractivity contribution is 0.253. The largest absolute Gasteiger partial charge is 0.345 e. The van der Waals surface area contributed by atoms with Crippen molar-refractivity contribution >= 4 is 40.5 Å². The summed E-state index contributed by atoms with van der Waals surface area (Å²) in [6.07, 6.45) is 0. The molecule has 1 saturated heterocycles. The molecule has 1 aliphatic heterocycles. The summed E-state index contributed by atoms with van der Waals surface area (Å²) in [4.78, 5) is 4.04. The molecule has 24 heavy (non-hydrogen) atoms. The van der Waals surface area contributed by atoms with Gasteiger partial charge in [-0.2, -0.15) is 0 Å². The fraction of sp³-hybridized carbons (Fsp3) is 0.278. The van der Waals surface area contributed by atoms with Crippen LogP contribution in [0.15, 0.2) is 42.6 Å². The standard InChI is InChI=1S/C18H19Cl2N3S/c1-10-11(2)23(4)17(21)22-18(10,3)16-6-5-15(24-16)12-7-13(19)9-14(20)8-12/h5-10H,2H2,1,3-4H3,(H2,21,22)/t10-,18-/m0/s1. The van der Waals surface area contributed by atoms with Crippen LogP contribution in [-0.4, -0.2) is 17.9 Å². The molecule has 1 fully saturated rings. The summed E-state index contributed by atoms with van der Waals surface area (Å²) in [6, 6.07) is 9.74. The SMILES string of the molecule is C=C1[C@H](C)[C@@](C)(c2ccc(-c3cc(Cl)cc(Cl)c3)s2)NC(=N)N1C. The van der Waals surface area contributed by atoms with E-state index >= 15 is 0 Å². The van der Waals surface area contributed by atoms with Gasteiger partial charge in [0.15, 0.2) is 5.96 Å². The Morgan fingerprint density at radius 2 is 1.88 bits per heavy atom. The number of halogens is 2. The molecule has 0 spiro atoms. The minimum atomic E-state index is -0.369. The number of hydrogen-bond acceptors (Lipinski definition) is 2. The Labute approximate surface area is 156 Å². The van der Waals surface area contributed by atoms with Crippen molar-refractivity contribution in [3.63, 3.8) is 0 Å². The monoisotopic (exact) mass is 379 g/mol. The minimum Gasteiger partial charge on any atom is -0.345 e. The molecule has 0 bridgehead atoms. The van der Waals surface area contributed by atoms with Crippen LogP contribution in [0.3, 0.4) is 0 Å². The third-order valence-corrected chi connectivity index (χ3v) is 6.58. The van der Waals surface area contributed by atoms with Crippen molar-refractivity contribution in [2.45, 2.75) is 19.4 Å². The average Bonchev–Trinajstić information content (AvgIpc) is 3.01. The lowest BCUT2D eigenvalue weighted by atomic mass is 9.81. The van der Waals surface area contributed by atoms with Gasteiger partial charge in [0.1, 0.15) is 0 Å². The second-order valence-corrected chi connectivity index (χ2v) is 8.23. The van der Waals surface area contributed by atoms with E-state index in [1.807, 2.05) is 19.2 Å². The molecule has 2 heterocycles. The van der Waals surface area contributed by atoms with Crippen molar-refractivity contribution in [1.82, 2.24) is 10.2 Å². The van der Waals surface area contributed by atoms with E-state index in [0.29, 0.717) is 16.0 Å². The quantitative estimate of drug-likeness (QED) is 0.716. The van der Waals surface area contributed by atoms with Gasteiger partial charge < -0.3 is 10.2 Å². The first-order chi connectivity index (χ1) is 11.2. The molecule has 0 radical (unpaired) electrons. The summed E-state index contributed by atoms with van der Waals surface area (Å²) in [5, 5.41) is 12.8. The van der Waals surface area contributed by atoms with E-state index in [2.05, 4.69) is 37.9 Å². The van der Waals surface area contributed by atoms with Gasteiger partial charge >= 0.3 is 0 Å². The highest BCUT2D eigenvalue weighted by atomic mass is 35.5. The number of thiophene rings is 1. The fourth-order valence-electron chi connectivity index (χ4n) is 2.95. The lowest BCUT2D eigenvalue weighted by Crippen LogP contribution is -2.58. The first-order valence-corrected chi connectivity index (χ1v) is 9.15. The van der Waals surface area contributed by atoms with Crippen LogP contribution in [-0.2, 0) is 5.54 Å². The Kier molecular flexibility index (Phi) is 4.41. The second kappa shape index (κ2) is 6.10. The third kappa shape index (κ3) is 2.83. The first-order valence-electron chi connectivity index (χ1n) is 7.58. The van der Waals surface area contributed by atoms with Gasteiger partial charge in [-0.3, -0.25) is 5.41 Å². The smallest absolute Gasteiger partial charge is 0.195 e. The van der Waals surface area contributed by atoms with Crippen LogP contribution in [0.4, 0.5) is 0 Å². The van der Waals surface area contributed by atoms with Crippen LogP contribution in [0.5, 0.6) is 0 Å². The van der Waals surface area contributed by atoms with Crippen molar-refractivity contribution < 1.29 is 0 Å². The Hall–Kier alpha value is -1.49. The summed E-state index contributed by atoms with van der Waals surface area (Å²) < 4.78 is 0. The summed E-state index contributed by atoms with van der Waals surface area (Å²) >= 11 is 13.9. The summed E-state index contributed by atoms with van der Waals surface area (Å²) in [6.45, 7) is 8.40. The lowest BCUT2D eigenvalue weighted by Gasteiger charge is -2.46. The van der Waals surface area contributed by atoms with Crippen LogP contribution in [0.25, 0.3) is 10.4 Å². The molecular weight excluding hydrogens is 361 g/mol. The molecule has 2 N–H and O–H groups in total. The van der Waals surface area contributed by atoms with Gasteiger partial charge in [-0.25, -0.2) is 0 Å². The highest BCUT2D eigenvalue weighted by Gasteiger charge is 2.42.